The van der Waals surface area contributed by atoms with E-state index in [0.717, 1.165) is 164 Å². The SMILES string of the molecule is CCCCCCCCOc1cccc(OCCCCCCCC)c1-c1c2nc(c(N(c3ccc(CCCCCC)cc3)c3ccc(CCCCCC)cc3)c3ccc([nH]3)c(-c3c(OCCCCCCCC)cccc3OCCCCCCCC)c3nc(c(C#CC(=O)O)c4ccc1[nH]4)C=C3)C=C2. The second-order valence-electron chi connectivity index (χ2n) is 28.0. The zero-order valence-electron chi connectivity index (χ0n) is 62.9. The third-order valence-electron chi connectivity index (χ3n) is 19.8. The predicted molar refractivity (Wildman–Crippen MR) is 430 cm³/mol. The Morgan fingerprint density at radius 3 is 1.08 bits per heavy atom. The zero-order valence-corrected chi connectivity index (χ0v) is 62.9. The van der Waals surface area contributed by atoms with Crippen LogP contribution in [0.15, 0.2) is 109 Å². The molecular formula is C91H119N5O6. The fraction of sp³-hybridized carbons (Fsp3) is 0.484. The van der Waals surface area contributed by atoms with Crippen molar-refractivity contribution >= 4 is 69.4 Å². The number of nitrogens with one attached hydrogen (secondary N) is 2. The van der Waals surface area contributed by atoms with Gasteiger partial charge in [0.25, 0.3) is 0 Å². The number of carbonyl (C=O) groups is 1. The van der Waals surface area contributed by atoms with E-state index in [-0.39, 0.29) is 0 Å². The molecule has 4 aromatic carbocycles. The van der Waals surface area contributed by atoms with Gasteiger partial charge in [-0.2, -0.15) is 0 Å². The topological polar surface area (TPSA) is 135 Å². The summed E-state index contributed by atoms with van der Waals surface area (Å²) in [7, 11) is 0. The summed E-state index contributed by atoms with van der Waals surface area (Å²) in [6, 6.07) is 39.1. The Labute approximate surface area is 611 Å². The van der Waals surface area contributed by atoms with Gasteiger partial charge in [0.15, 0.2) is 0 Å². The van der Waals surface area contributed by atoms with Crippen molar-refractivity contribution in [3.8, 4) is 57.1 Å². The van der Waals surface area contributed by atoms with Gasteiger partial charge in [0.1, 0.15) is 23.0 Å². The van der Waals surface area contributed by atoms with E-state index >= 15 is 0 Å². The Bertz CT molecular complexity index is 3790. The van der Waals surface area contributed by atoms with Gasteiger partial charge in [0.2, 0.25) is 0 Å². The molecule has 3 aromatic heterocycles. The minimum atomic E-state index is -1.25. The molecule has 7 aromatic rings. The number of aromatic nitrogens is 4. The largest absolute Gasteiger partial charge is 0.493 e. The number of hydrogen-bond donors (Lipinski definition) is 3. The summed E-state index contributed by atoms with van der Waals surface area (Å²) in [6.07, 6.45) is 47.0. The minimum absolute atomic E-state index is 0.425. The van der Waals surface area contributed by atoms with Crippen LogP contribution in [0.3, 0.4) is 0 Å². The van der Waals surface area contributed by atoms with Gasteiger partial charge in [-0.15, -0.1) is 0 Å². The van der Waals surface area contributed by atoms with Crippen LogP contribution < -0.4 is 23.8 Å². The number of unbranched alkanes of at least 4 members (excludes halogenated alkanes) is 26. The van der Waals surface area contributed by atoms with Crippen molar-refractivity contribution in [2.45, 2.75) is 260 Å². The Morgan fingerprint density at radius 1 is 0.363 bits per heavy atom. The predicted octanol–water partition coefficient (Wildman–Crippen LogP) is 26.1. The first-order valence-corrected chi connectivity index (χ1v) is 39.9. The Kier molecular flexibility index (Phi) is 33.1. The molecule has 0 spiro atoms. The van der Waals surface area contributed by atoms with Crippen LogP contribution in [0.25, 0.3) is 68.6 Å². The smallest absolute Gasteiger partial charge is 0.382 e. The number of carboxylic acids is 1. The summed E-state index contributed by atoms with van der Waals surface area (Å²) < 4.78 is 28.0. The number of benzene rings is 4. The van der Waals surface area contributed by atoms with Crippen LogP contribution in [0.4, 0.5) is 17.1 Å². The average Bonchev–Trinajstić information content (AvgIpc) is 1.57. The van der Waals surface area contributed by atoms with Gasteiger partial charge in [-0.3, -0.25) is 0 Å². The van der Waals surface area contributed by atoms with E-state index in [4.69, 9.17) is 28.9 Å². The van der Waals surface area contributed by atoms with Gasteiger partial charge < -0.3 is 38.9 Å². The highest BCUT2D eigenvalue weighted by Gasteiger charge is 2.27. The lowest BCUT2D eigenvalue weighted by Gasteiger charge is -2.27. The Hall–Kier alpha value is -8.49. The number of H-pyrrole nitrogens is 2. The number of nitrogens with zero attached hydrogens (tertiary/aromatic N) is 3. The number of fused-ring (bicyclic) bond motifs is 8. The van der Waals surface area contributed by atoms with Crippen LogP contribution in [0.2, 0.25) is 0 Å². The van der Waals surface area contributed by atoms with Crippen molar-refractivity contribution in [1.82, 2.24) is 19.9 Å². The van der Waals surface area contributed by atoms with E-state index in [0.29, 0.717) is 77.6 Å². The van der Waals surface area contributed by atoms with E-state index in [1.165, 1.54) is 127 Å². The van der Waals surface area contributed by atoms with Gasteiger partial charge in [-0.1, -0.05) is 251 Å². The summed E-state index contributed by atoms with van der Waals surface area (Å²) >= 11 is 0. The quantitative estimate of drug-likeness (QED) is 0.0252. The van der Waals surface area contributed by atoms with Crippen molar-refractivity contribution in [3.63, 3.8) is 0 Å². The van der Waals surface area contributed by atoms with Gasteiger partial charge in [0.05, 0.1) is 82.6 Å². The fourth-order valence-electron chi connectivity index (χ4n) is 14.0. The summed E-state index contributed by atoms with van der Waals surface area (Å²) in [5.74, 6) is 7.13. The van der Waals surface area contributed by atoms with E-state index in [9.17, 15) is 9.90 Å². The average molecular weight is 1380 g/mol. The molecule has 11 nitrogen and oxygen atoms in total. The van der Waals surface area contributed by atoms with Crippen LogP contribution in [0.5, 0.6) is 23.0 Å². The van der Waals surface area contributed by atoms with Gasteiger partial charge >= 0.3 is 5.97 Å². The molecule has 11 heteroatoms. The molecule has 0 atom stereocenters. The third kappa shape index (κ3) is 23.0. The standard InChI is InChI=1S/C91H119N5O6/c1-7-13-19-25-29-35-65-99-82-43-39-44-83(100-66-36-30-26-20-14-8-2)89(82)87-76-58-56-74(92-76)73(55-64-86(97)98)75-57-59-77(93-75)88(90-84(101-67-37-31-27-21-15-9-3)45-40-46-85(90)102-68-38-32-28-22-16-10-4)79-61-63-81(95-79)91(80-62-60-78(87)94-80)96(71-51-47-69(48-52-71)41-33-23-17-11-5)72-53-49-70(50-54-72)42-34-24-18-12-6/h39-40,43-54,56-63,92,95H,7-38,41-42,65-68H2,1-6H3,(H,97,98). The summed E-state index contributed by atoms with van der Waals surface area (Å²) in [5, 5.41) is 10.3. The number of aliphatic carboxylic acids is 1. The molecular weight excluding hydrogens is 1260 g/mol. The van der Waals surface area contributed by atoms with Crippen molar-refractivity contribution in [2.24, 2.45) is 0 Å². The van der Waals surface area contributed by atoms with Crippen LogP contribution in [-0.4, -0.2) is 57.4 Å². The molecule has 3 N–H and O–H groups in total. The first-order valence-electron chi connectivity index (χ1n) is 39.9. The molecule has 9 rings (SSSR count). The molecule has 2 aliphatic heterocycles. The lowest BCUT2D eigenvalue weighted by molar-refractivity contribution is -0.130. The Morgan fingerprint density at radius 2 is 0.686 bits per heavy atom. The summed E-state index contributed by atoms with van der Waals surface area (Å²) in [4.78, 5) is 34.4. The first-order chi connectivity index (χ1) is 50.3. The highest BCUT2D eigenvalue weighted by atomic mass is 16.5. The van der Waals surface area contributed by atoms with Crippen molar-refractivity contribution < 1.29 is 28.8 Å². The van der Waals surface area contributed by atoms with Gasteiger partial charge in [0, 0.05) is 39.5 Å². The van der Waals surface area contributed by atoms with E-state index in [1.807, 2.05) is 30.4 Å². The second kappa shape index (κ2) is 43.5. The van der Waals surface area contributed by atoms with Crippen molar-refractivity contribution in [3.05, 3.63) is 149 Å². The maximum Gasteiger partial charge on any atom is 0.382 e. The molecule has 0 fully saturated rings. The van der Waals surface area contributed by atoms with E-state index in [2.05, 4.69) is 171 Å². The monoisotopic (exact) mass is 1380 g/mol. The Balaban J connectivity index is 1.37. The maximum absolute atomic E-state index is 12.7. The second-order valence-corrected chi connectivity index (χ2v) is 28.0. The first kappa shape index (κ1) is 77.7. The van der Waals surface area contributed by atoms with E-state index < -0.39 is 5.97 Å². The van der Waals surface area contributed by atoms with Crippen LogP contribution >= 0.6 is 0 Å². The molecule has 0 saturated heterocycles. The summed E-state index contributed by atoms with van der Waals surface area (Å²) in [6.45, 7) is 15.7. The lowest BCUT2D eigenvalue weighted by Crippen LogP contribution is -2.12. The maximum atomic E-state index is 12.7. The third-order valence-corrected chi connectivity index (χ3v) is 19.8. The van der Waals surface area contributed by atoms with Crippen LogP contribution in [0.1, 0.15) is 286 Å². The number of anilines is 3. The number of aryl methyl sites for hydroxylation is 2. The number of carboxylic acid groups (broad SMARTS) is 1. The molecule has 0 aliphatic carbocycles. The zero-order chi connectivity index (χ0) is 71.4. The normalized spacial score (nSPS) is 11.7. The molecule has 0 radical (unpaired) electrons. The summed E-state index contributed by atoms with van der Waals surface area (Å²) in [5.41, 5.74) is 14.5. The molecule has 2 aliphatic rings. The van der Waals surface area contributed by atoms with E-state index in [1.54, 1.807) is 0 Å². The van der Waals surface area contributed by atoms with Gasteiger partial charge in [-0.25, -0.2) is 14.8 Å². The fourth-order valence-corrected chi connectivity index (χ4v) is 14.0. The molecule has 0 saturated carbocycles. The van der Waals surface area contributed by atoms with Gasteiger partial charge in [-0.05, 0) is 160 Å². The lowest BCUT2D eigenvalue weighted by atomic mass is 10.0. The number of rotatable bonds is 47. The number of aromatic amines is 2. The van der Waals surface area contributed by atoms with Crippen molar-refractivity contribution in [1.29, 1.82) is 0 Å². The molecule has 5 heterocycles. The van der Waals surface area contributed by atoms with Crippen LogP contribution in [-0.2, 0) is 17.6 Å². The van der Waals surface area contributed by atoms with Crippen molar-refractivity contribution in [2.75, 3.05) is 31.3 Å². The highest BCUT2D eigenvalue weighted by molar-refractivity contribution is 6.02. The molecule has 8 bridgehead atoms. The molecule has 0 amide bonds. The number of ether oxygens (including phenoxy) is 4. The number of hydrogen-bond acceptors (Lipinski definition) is 8. The van der Waals surface area contributed by atoms with Crippen LogP contribution in [0, 0.1) is 11.8 Å². The minimum Gasteiger partial charge on any atom is -0.493 e. The highest BCUT2D eigenvalue weighted by Crippen LogP contribution is 2.48. The molecule has 102 heavy (non-hydrogen) atoms. The molecule has 0 unspecified atom stereocenters. The molecule has 544 valence electrons.